The van der Waals surface area contributed by atoms with Crippen LogP contribution in [0.2, 0.25) is 0 Å². The van der Waals surface area contributed by atoms with Gasteiger partial charge in [0.2, 0.25) is 0 Å². The zero-order valence-corrected chi connectivity index (χ0v) is 20.0. The normalized spacial score (nSPS) is 11.3. The lowest BCUT2D eigenvalue weighted by Crippen LogP contribution is -2.37. The molecular formula is C26H34N6O. The van der Waals surface area contributed by atoms with E-state index in [2.05, 4.69) is 52.9 Å². The van der Waals surface area contributed by atoms with E-state index in [1.54, 1.807) is 19.0 Å². The Labute approximate surface area is 196 Å². The highest BCUT2D eigenvalue weighted by molar-refractivity contribution is 5.93. The molecule has 3 aromatic rings. The second-order valence-electron chi connectivity index (χ2n) is 8.14. The molecule has 2 aromatic carbocycles. The SMILES string of the molecule is CCNC(=NCc1ccc(C(=O)N(C)C)cc1)NCCCc1cn(-c2ccccc2)nc1C. The van der Waals surface area contributed by atoms with E-state index in [1.165, 1.54) is 5.56 Å². The van der Waals surface area contributed by atoms with E-state index in [1.807, 2.05) is 47.1 Å². The van der Waals surface area contributed by atoms with E-state index < -0.39 is 0 Å². The zero-order chi connectivity index (χ0) is 23.6. The number of guanidine groups is 1. The molecule has 1 amide bonds. The summed E-state index contributed by atoms with van der Waals surface area (Å²) in [4.78, 5) is 18.3. The number of carbonyl (C=O) groups excluding carboxylic acids is 1. The first-order valence-electron chi connectivity index (χ1n) is 11.4. The molecule has 0 aliphatic heterocycles. The minimum atomic E-state index is 0.00426. The molecule has 0 atom stereocenters. The Morgan fingerprint density at radius 2 is 1.79 bits per heavy atom. The van der Waals surface area contributed by atoms with Gasteiger partial charge in [-0.25, -0.2) is 9.67 Å². The first-order chi connectivity index (χ1) is 16.0. The van der Waals surface area contributed by atoms with Crippen LogP contribution in [0, 0.1) is 6.92 Å². The minimum Gasteiger partial charge on any atom is -0.357 e. The number of aryl methyl sites for hydroxylation is 2. The van der Waals surface area contributed by atoms with Gasteiger partial charge in [0.1, 0.15) is 0 Å². The molecule has 0 spiro atoms. The van der Waals surface area contributed by atoms with Crippen molar-refractivity contribution in [3.8, 4) is 5.69 Å². The largest absolute Gasteiger partial charge is 0.357 e. The lowest BCUT2D eigenvalue weighted by Gasteiger charge is -2.12. The molecule has 1 aromatic heterocycles. The van der Waals surface area contributed by atoms with Gasteiger partial charge in [0.25, 0.3) is 5.91 Å². The van der Waals surface area contributed by atoms with Crippen molar-refractivity contribution in [1.29, 1.82) is 0 Å². The Kier molecular flexibility index (Phi) is 8.63. The fourth-order valence-electron chi connectivity index (χ4n) is 3.46. The van der Waals surface area contributed by atoms with Crippen molar-refractivity contribution >= 4 is 11.9 Å². The van der Waals surface area contributed by atoms with Crippen LogP contribution in [0.5, 0.6) is 0 Å². The summed E-state index contributed by atoms with van der Waals surface area (Å²) in [5.41, 5.74) is 5.14. The number of aromatic nitrogens is 2. The summed E-state index contributed by atoms with van der Waals surface area (Å²) in [6, 6.07) is 17.8. The molecule has 0 unspecified atom stereocenters. The second-order valence-corrected chi connectivity index (χ2v) is 8.14. The number of benzene rings is 2. The van der Waals surface area contributed by atoms with Crippen LogP contribution in [-0.4, -0.2) is 53.7 Å². The van der Waals surface area contributed by atoms with Gasteiger partial charge in [-0.2, -0.15) is 5.10 Å². The van der Waals surface area contributed by atoms with Gasteiger partial charge in [0, 0.05) is 38.9 Å². The van der Waals surface area contributed by atoms with Crippen LogP contribution in [0.3, 0.4) is 0 Å². The van der Waals surface area contributed by atoms with Gasteiger partial charge in [0.15, 0.2) is 5.96 Å². The Bertz CT molecular complexity index is 1050. The van der Waals surface area contributed by atoms with E-state index in [0.717, 1.165) is 48.8 Å². The van der Waals surface area contributed by atoms with Gasteiger partial charge in [-0.15, -0.1) is 0 Å². The molecule has 1 heterocycles. The predicted molar refractivity (Wildman–Crippen MR) is 134 cm³/mol. The van der Waals surface area contributed by atoms with E-state index in [0.29, 0.717) is 12.1 Å². The number of hydrogen-bond acceptors (Lipinski definition) is 3. The van der Waals surface area contributed by atoms with Crippen molar-refractivity contribution in [3.05, 3.63) is 83.2 Å². The quantitative estimate of drug-likeness (QED) is 0.299. The monoisotopic (exact) mass is 446 g/mol. The van der Waals surface area contributed by atoms with Gasteiger partial charge < -0.3 is 15.5 Å². The van der Waals surface area contributed by atoms with Crippen LogP contribution < -0.4 is 10.6 Å². The first-order valence-corrected chi connectivity index (χ1v) is 11.4. The Morgan fingerprint density at radius 1 is 1.06 bits per heavy atom. The van der Waals surface area contributed by atoms with Crippen molar-refractivity contribution in [1.82, 2.24) is 25.3 Å². The lowest BCUT2D eigenvalue weighted by atomic mass is 10.1. The summed E-state index contributed by atoms with van der Waals surface area (Å²) in [6.07, 6.45) is 4.05. The number of nitrogens with zero attached hydrogens (tertiary/aromatic N) is 4. The molecule has 174 valence electrons. The van der Waals surface area contributed by atoms with Gasteiger partial charge >= 0.3 is 0 Å². The highest BCUT2D eigenvalue weighted by atomic mass is 16.2. The maximum Gasteiger partial charge on any atom is 0.253 e. The molecule has 0 saturated heterocycles. The van der Waals surface area contributed by atoms with Crippen molar-refractivity contribution in [2.24, 2.45) is 4.99 Å². The molecule has 33 heavy (non-hydrogen) atoms. The number of amides is 1. The first kappa shape index (κ1) is 24.0. The Balaban J connectivity index is 1.51. The van der Waals surface area contributed by atoms with Crippen molar-refractivity contribution in [2.45, 2.75) is 33.2 Å². The summed E-state index contributed by atoms with van der Waals surface area (Å²) in [6.45, 7) is 6.28. The summed E-state index contributed by atoms with van der Waals surface area (Å²) < 4.78 is 1.95. The van der Waals surface area contributed by atoms with E-state index in [4.69, 9.17) is 0 Å². The van der Waals surface area contributed by atoms with Gasteiger partial charge in [-0.05, 0) is 62.1 Å². The maximum absolute atomic E-state index is 12.0. The smallest absolute Gasteiger partial charge is 0.253 e. The fraction of sp³-hybridized carbons (Fsp3) is 0.346. The van der Waals surface area contributed by atoms with Gasteiger partial charge in [-0.3, -0.25) is 4.79 Å². The molecule has 7 heteroatoms. The second kappa shape index (κ2) is 11.9. The highest BCUT2D eigenvalue weighted by Gasteiger charge is 2.08. The lowest BCUT2D eigenvalue weighted by molar-refractivity contribution is 0.0827. The van der Waals surface area contributed by atoms with Crippen LogP contribution in [0.4, 0.5) is 0 Å². The number of nitrogens with one attached hydrogen (secondary N) is 2. The highest BCUT2D eigenvalue weighted by Crippen LogP contribution is 2.13. The van der Waals surface area contributed by atoms with E-state index in [-0.39, 0.29) is 5.91 Å². The molecule has 0 bridgehead atoms. The Hall–Kier alpha value is -3.61. The predicted octanol–water partition coefficient (Wildman–Crippen LogP) is 3.57. The van der Waals surface area contributed by atoms with Crippen LogP contribution in [0.1, 0.15) is 40.5 Å². The summed E-state index contributed by atoms with van der Waals surface area (Å²) in [5, 5.41) is 11.4. The van der Waals surface area contributed by atoms with Crippen molar-refractivity contribution in [3.63, 3.8) is 0 Å². The van der Waals surface area contributed by atoms with Crippen LogP contribution in [0.25, 0.3) is 5.69 Å². The molecule has 0 radical (unpaired) electrons. The topological polar surface area (TPSA) is 74.6 Å². The van der Waals surface area contributed by atoms with Gasteiger partial charge in [0.05, 0.1) is 17.9 Å². The van der Waals surface area contributed by atoms with Gasteiger partial charge in [-0.1, -0.05) is 30.3 Å². The number of hydrogen-bond donors (Lipinski definition) is 2. The van der Waals surface area contributed by atoms with Crippen LogP contribution >= 0.6 is 0 Å². The van der Waals surface area contributed by atoms with E-state index >= 15 is 0 Å². The molecule has 7 nitrogen and oxygen atoms in total. The number of rotatable bonds is 9. The molecule has 0 fully saturated rings. The Morgan fingerprint density at radius 3 is 2.45 bits per heavy atom. The summed E-state index contributed by atoms with van der Waals surface area (Å²) >= 11 is 0. The fourth-order valence-corrected chi connectivity index (χ4v) is 3.46. The van der Waals surface area contributed by atoms with Crippen molar-refractivity contribution < 1.29 is 4.79 Å². The number of carbonyl (C=O) groups is 1. The van der Waals surface area contributed by atoms with Crippen LogP contribution in [0.15, 0.2) is 65.8 Å². The minimum absolute atomic E-state index is 0.00426. The average Bonchev–Trinajstić information content (AvgIpc) is 3.21. The maximum atomic E-state index is 12.0. The average molecular weight is 447 g/mol. The van der Waals surface area contributed by atoms with Crippen LogP contribution in [-0.2, 0) is 13.0 Å². The molecule has 3 rings (SSSR count). The molecule has 0 aliphatic rings. The summed E-state index contributed by atoms with van der Waals surface area (Å²) in [5.74, 6) is 0.798. The zero-order valence-electron chi connectivity index (χ0n) is 20.0. The van der Waals surface area contributed by atoms with Crippen molar-refractivity contribution in [2.75, 3.05) is 27.2 Å². The third kappa shape index (κ3) is 6.94. The molecular weight excluding hydrogens is 412 g/mol. The number of aliphatic imine (C=N–C) groups is 1. The molecule has 2 N–H and O–H groups in total. The third-order valence-corrected chi connectivity index (χ3v) is 5.31. The third-order valence-electron chi connectivity index (χ3n) is 5.31. The molecule has 0 aliphatic carbocycles. The van der Waals surface area contributed by atoms with E-state index in [9.17, 15) is 4.79 Å². The molecule has 0 saturated carbocycles. The number of para-hydroxylation sites is 1. The standard InChI is InChI=1S/C26H34N6O/c1-5-27-26(29-18-21-13-15-22(16-14-21)25(33)31(3)4)28-17-9-10-23-19-32(30-20(23)2)24-11-7-6-8-12-24/h6-8,11-16,19H,5,9-10,17-18H2,1-4H3,(H2,27,28,29). The summed E-state index contributed by atoms with van der Waals surface area (Å²) in [7, 11) is 3.51.